The second kappa shape index (κ2) is 70.7. The molecular formula is C79H154O17P2. The van der Waals surface area contributed by atoms with Crippen LogP contribution >= 0.6 is 15.6 Å². The molecule has 6 atom stereocenters. The third-order valence-electron chi connectivity index (χ3n) is 18.8. The van der Waals surface area contributed by atoms with Crippen LogP contribution in [0.25, 0.3) is 0 Å². The third kappa shape index (κ3) is 71.1. The van der Waals surface area contributed by atoms with E-state index in [0.29, 0.717) is 25.7 Å². The molecule has 0 aliphatic rings. The quantitative estimate of drug-likeness (QED) is 0.0222. The summed E-state index contributed by atoms with van der Waals surface area (Å²) in [6.45, 7) is 9.66. The minimum atomic E-state index is -4.96. The molecule has 0 aliphatic heterocycles. The Balaban J connectivity index is 5.25. The highest BCUT2D eigenvalue weighted by Crippen LogP contribution is 2.45. The lowest BCUT2D eigenvalue weighted by atomic mass is 9.99. The van der Waals surface area contributed by atoms with Crippen LogP contribution in [0.3, 0.4) is 0 Å². The molecule has 0 heterocycles. The van der Waals surface area contributed by atoms with Gasteiger partial charge in [0.15, 0.2) is 12.2 Å². The van der Waals surface area contributed by atoms with E-state index in [1.165, 1.54) is 231 Å². The van der Waals surface area contributed by atoms with Gasteiger partial charge in [0, 0.05) is 25.7 Å². The molecule has 0 amide bonds. The number of aliphatic hydroxyl groups is 1. The van der Waals surface area contributed by atoms with Crippen molar-refractivity contribution >= 4 is 39.5 Å². The Labute approximate surface area is 600 Å². The first-order chi connectivity index (χ1) is 47.4. The number of esters is 4. The van der Waals surface area contributed by atoms with Gasteiger partial charge in [-0.3, -0.25) is 37.3 Å². The first-order valence-electron chi connectivity index (χ1n) is 41.0. The van der Waals surface area contributed by atoms with Gasteiger partial charge >= 0.3 is 39.5 Å². The molecule has 0 aromatic rings. The van der Waals surface area contributed by atoms with E-state index >= 15 is 0 Å². The molecule has 0 aromatic carbocycles. The second-order valence-corrected chi connectivity index (χ2v) is 32.1. The molecular weight excluding hydrogens is 1280 g/mol. The molecule has 0 aromatic heterocycles. The number of rotatable bonds is 78. The highest BCUT2D eigenvalue weighted by Gasteiger charge is 2.30. The average Bonchev–Trinajstić information content (AvgIpc) is 0.931. The van der Waals surface area contributed by atoms with Crippen LogP contribution < -0.4 is 0 Å². The minimum absolute atomic E-state index is 0.106. The van der Waals surface area contributed by atoms with Gasteiger partial charge in [0.25, 0.3) is 0 Å². The predicted octanol–water partition coefficient (Wildman–Crippen LogP) is 23.5. The molecule has 0 rings (SSSR count). The van der Waals surface area contributed by atoms with E-state index < -0.39 is 97.5 Å². The zero-order valence-electron chi connectivity index (χ0n) is 64.1. The van der Waals surface area contributed by atoms with E-state index in [-0.39, 0.29) is 25.7 Å². The fourth-order valence-electron chi connectivity index (χ4n) is 12.2. The van der Waals surface area contributed by atoms with Gasteiger partial charge < -0.3 is 33.8 Å². The standard InChI is InChI=1S/C79H154O17P2/c1-7-10-12-14-16-18-20-22-23-24-28-32-38-44-50-56-62-77(82)90-67-74(95-78(83)63-57-51-45-39-33-29-26-25-27-30-36-42-48-54-60-72(6)9-3)69-93-97(85,86)91-65-73(80)66-92-98(87,88)94-70-75(96-79(84)64-58-52-46-40-34-35-41-47-53-59-71(4)5)68-89-76(81)61-55-49-43-37-31-21-19-17-15-13-11-8-2/h71-75,80H,7-70H2,1-6H3,(H,85,86)(H,87,88)/t72?,73-,74-,75-/m1/s1. The minimum Gasteiger partial charge on any atom is -0.462 e. The SMILES string of the molecule is CCCCCCCCCCCCCCCCCCC(=O)OC[C@H](COP(=O)(O)OC[C@@H](O)COP(=O)(O)OC[C@@H](COC(=O)CCCCCCCCCCCCCC)OC(=O)CCCCCCCCCCCC(C)C)OC(=O)CCCCCCCCCCCCCCCCC(C)CC. The molecule has 3 N–H and O–H groups in total. The van der Waals surface area contributed by atoms with Gasteiger partial charge in [-0.05, 0) is 37.5 Å². The van der Waals surface area contributed by atoms with Crippen molar-refractivity contribution in [3.63, 3.8) is 0 Å². The lowest BCUT2D eigenvalue weighted by molar-refractivity contribution is -0.161. The Morgan fingerprint density at radius 3 is 0.776 bits per heavy atom. The topological polar surface area (TPSA) is 237 Å². The Kier molecular flexibility index (Phi) is 69.3. The fourth-order valence-corrected chi connectivity index (χ4v) is 13.7. The summed E-state index contributed by atoms with van der Waals surface area (Å²) in [4.78, 5) is 73.0. The number of ether oxygens (including phenoxy) is 4. The highest BCUT2D eigenvalue weighted by atomic mass is 31.2. The molecule has 0 spiro atoms. The third-order valence-corrected chi connectivity index (χ3v) is 20.7. The van der Waals surface area contributed by atoms with Crippen molar-refractivity contribution in [1.29, 1.82) is 0 Å². The number of phosphoric acid groups is 2. The maximum absolute atomic E-state index is 13.1. The Hall–Kier alpha value is -1.94. The van der Waals surface area contributed by atoms with Crippen LogP contribution in [0.1, 0.15) is 414 Å². The van der Waals surface area contributed by atoms with Gasteiger partial charge in [0.2, 0.25) is 0 Å². The summed E-state index contributed by atoms with van der Waals surface area (Å²) in [6, 6.07) is 0. The first kappa shape index (κ1) is 96.1. The summed E-state index contributed by atoms with van der Waals surface area (Å²) in [5.74, 6) is -0.527. The van der Waals surface area contributed by atoms with Gasteiger partial charge in [-0.25, -0.2) is 9.13 Å². The van der Waals surface area contributed by atoms with Crippen LogP contribution in [0.15, 0.2) is 0 Å². The molecule has 0 saturated carbocycles. The zero-order valence-corrected chi connectivity index (χ0v) is 65.9. The van der Waals surface area contributed by atoms with E-state index in [2.05, 4.69) is 41.5 Å². The summed E-state index contributed by atoms with van der Waals surface area (Å²) >= 11 is 0. The highest BCUT2D eigenvalue weighted by molar-refractivity contribution is 7.47. The van der Waals surface area contributed by atoms with E-state index in [0.717, 1.165) is 102 Å². The van der Waals surface area contributed by atoms with E-state index in [1.54, 1.807) is 0 Å². The van der Waals surface area contributed by atoms with Crippen molar-refractivity contribution in [1.82, 2.24) is 0 Å². The zero-order chi connectivity index (χ0) is 72.1. The Bertz CT molecular complexity index is 1890. The summed E-state index contributed by atoms with van der Waals surface area (Å²) in [5.41, 5.74) is 0. The molecule has 0 saturated heterocycles. The van der Waals surface area contributed by atoms with Crippen LogP contribution in [-0.4, -0.2) is 96.7 Å². The molecule has 98 heavy (non-hydrogen) atoms. The van der Waals surface area contributed by atoms with E-state index in [1.807, 2.05) is 0 Å². The largest absolute Gasteiger partial charge is 0.472 e. The van der Waals surface area contributed by atoms with Crippen molar-refractivity contribution in [3.05, 3.63) is 0 Å². The second-order valence-electron chi connectivity index (χ2n) is 29.2. The summed E-state index contributed by atoms with van der Waals surface area (Å²) in [6.07, 6.45) is 59.5. The van der Waals surface area contributed by atoms with Crippen molar-refractivity contribution in [2.45, 2.75) is 432 Å². The number of hydrogen-bond acceptors (Lipinski definition) is 15. The molecule has 17 nitrogen and oxygen atoms in total. The van der Waals surface area contributed by atoms with E-state index in [9.17, 15) is 43.2 Å². The first-order valence-corrected chi connectivity index (χ1v) is 44.0. The molecule has 3 unspecified atom stereocenters. The van der Waals surface area contributed by atoms with Crippen LogP contribution in [0.5, 0.6) is 0 Å². The molecule has 19 heteroatoms. The van der Waals surface area contributed by atoms with Gasteiger partial charge in [-0.15, -0.1) is 0 Å². The molecule has 0 fully saturated rings. The Morgan fingerprint density at radius 2 is 0.520 bits per heavy atom. The van der Waals surface area contributed by atoms with Gasteiger partial charge in [0.05, 0.1) is 26.4 Å². The summed E-state index contributed by atoms with van der Waals surface area (Å²) < 4.78 is 68.7. The number of carbonyl (C=O) groups excluding carboxylic acids is 4. The van der Waals surface area contributed by atoms with E-state index in [4.69, 9.17) is 37.0 Å². The monoisotopic (exact) mass is 1440 g/mol. The van der Waals surface area contributed by atoms with Crippen molar-refractivity contribution < 1.29 is 80.2 Å². The van der Waals surface area contributed by atoms with Crippen molar-refractivity contribution in [2.75, 3.05) is 39.6 Å². The Morgan fingerprint density at radius 1 is 0.296 bits per heavy atom. The summed E-state index contributed by atoms with van der Waals surface area (Å²) in [7, 11) is -9.92. The van der Waals surface area contributed by atoms with Crippen LogP contribution in [0.4, 0.5) is 0 Å². The number of hydrogen-bond donors (Lipinski definition) is 3. The smallest absolute Gasteiger partial charge is 0.462 e. The summed E-state index contributed by atoms with van der Waals surface area (Å²) in [5, 5.41) is 10.6. The maximum Gasteiger partial charge on any atom is 0.472 e. The molecule has 0 aliphatic carbocycles. The van der Waals surface area contributed by atoms with Crippen molar-refractivity contribution in [3.8, 4) is 0 Å². The molecule has 0 radical (unpaired) electrons. The van der Waals surface area contributed by atoms with Crippen LogP contribution in [0.2, 0.25) is 0 Å². The maximum atomic E-state index is 13.1. The molecule has 0 bridgehead atoms. The number of aliphatic hydroxyl groups excluding tert-OH is 1. The van der Waals surface area contributed by atoms with Crippen molar-refractivity contribution in [2.24, 2.45) is 11.8 Å². The lowest BCUT2D eigenvalue weighted by Crippen LogP contribution is -2.30. The predicted molar refractivity (Wildman–Crippen MR) is 400 cm³/mol. The number of phosphoric ester groups is 2. The van der Waals surface area contributed by atoms with Gasteiger partial charge in [0.1, 0.15) is 19.3 Å². The normalized spacial score (nSPS) is 14.2. The van der Waals surface area contributed by atoms with Gasteiger partial charge in [-0.1, -0.05) is 363 Å². The van der Waals surface area contributed by atoms with Crippen LogP contribution in [0, 0.1) is 11.8 Å². The average molecular weight is 1440 g/mol. The van der Waals surface area contributed by atoms with Crippen LogP contribution in [-0.2, 0) is 65.4 Å². The molecule has 582 valence electrons. The lowest BCUT2D eigenvalue weighted by Gasteiger charge is -2.21. The van der Waals surface area contributed by atoms with Gasteiger partial charge in [-0.2, -0.15) is 0 Å². The fraction of sp³-hybridized carbons (Fsp3) is 0.949. The number of unbranched alkanes of at least 4 members (excludes halogenated alkanes) is 47. The number of carbonyl (C=O) groups is 4.